The van der Waals surface area contributed by atoms with Gasteiger partial charge >= 0.3 is 5.97 Å². The maximum atomic E-state index is 12.6. The lowest BCUT2D eigenvalue weighted by Gasteiger charge is -2.06. The largest absolute Gasteiger partial charge is 0.422 e. The molecule has 4 aromatic rings. The van der Waals surface area contributed by atoms with Crippen molar-refractivity contribution in [1.82, 2.24) is 5.43 Å². The number of ether oxygens (including phenoxy) is 1. The van der Waals surface area contributed by atoms with Crippen LogP contribution >= 0.6 is 35.2 Å². The van der Waals surface area contributed by atoms with Gasteiger partial charge in [-0.05, 0) is 48.1 Å². The molecule has 0 spiro atoms. The summed E-state index contributed by atoms with van der Waals surface area (Å²) >= 11 is 12.9. The van der Waals surface area contributed by atoms with Gasteiger partial charge in [0, 0.05) is 15.8 Å². The fraction of sp³-hybridized carbons (Fsp3) is 0. The number of hydrogen-bond donors (Lipinski definition) is 2. The number of nitrogens with zero attached hydrogens (tertiary/aromatic N) is 1. The number of fused-ring (bicyclic) bond motifs is 1. The number of halogens is 1. The number of carbonyl (C=O) groups is 1. The van der Waals surface area contributed by atoms with Gasteiger partial charge in [0.25, 0.3) is 0 Å². The topological polar surface area (TPSA) is 62.7 Å². The van der Waals surface area contributed by atoms with Crippen LogP contribution in [0.2, 0.25) is 5.02 Å². The number of hydrogen-bond acceptors (Lipinski definition) is 5. The molecule has 0 amide bonds. The molecule has 154 valence electrons. The molecule has 1 heterocycles. The van der Waals surface area contributed by atoms with Gasteiger partial charge in [-0.2, -0.15) is 5.10 Å². The molecule has 0 bridgehead atoms. The third-order valence-corrected chi connectivity index (χ3v) is 6.05. The van der Waals surface area contributed by atoms with E-state index in [0.717, 1.165) is 21.3 Å². The predicted octanol–water partition coefficient (Wildman–Crippen LogP) is 6.09. The van der Waals surface area contributed by atoms with Crippen LogP contribution in [-0.2, 0) is 0 Å². The molecule has 3 aromatic carbocycles. The van der Waals surface area contributed by atoms with Crippen molar-refractivity contribution in [2.75, 3.05) is 5.32 Å². The van der Waals surface area contributed by atoms with E-state index < -0.39 is 5.97 Å². The van der Waals surface area contributed by atoms with Gasteiger partial charge in [-0.3, -0.25) is 5.43 Å². The van der Waals surface area contributed by atoms with Crippen LogP contribution < -0.4 is 15.5 Å². The molecule has 0 aliphatic heterocycles. The number of hydrazone groups is 1. The van der Waals surface area contributed by atoms with E-state index in [9.17, 15) is 4.79 Å². The standard InChI is InChI=1S/C23H16ClN3O2S2/c24-20-18-11-4-5-12-19(18)31-21(20)22(28)29-17-10-6-7-15(13-17)14-25-27-23(30)26-16-8-2-1-3-9-16/h1-14H,(H2,26,27,30)/b25-14-. The number of thiophene rings is 1. The van der Waals surface area contributed by atoms with Crippen LogP contribution in [0.15, 0.2) is 84.0 Å². The summed E-state index contributed by atoms with van der Waals surface area (Å²) in [5.41, 5.74) is 4.36. The van der Waals surface area contributed by atoms with Crippen molar-refractivity contribution in [3.63, 3.8) is 0 Å². The van der Waals surface area contributed by atoms with Gasteiger partial charge in [0.2, 0.25) is 0 Å². The Bertz CT molecular complexity index is 1270. The molecule has 31 heavy (non-hydrogen) atoms. The Morgan fingerprint density at radius 3 is 2.61 bits per heavy atom. The quantitative estimate of drug-likeness (QED) is 0.123. The summed E-state index contributed by atoms with van der Waals surface area (Å²) in [6, 6.07) is 24.2. The summed E-state index contributed by atoms with van der Waals surface area (Å²) in [6.45, 7) is 0. The third-order valence-electron chi connectivity index (χ3n) is 4.20. The smallest absolute Gasteiger partial charge is 0.355 e. The zero-order valence-corrected chi connectivity index (χ0v) is 18.4. The highest BCUT2D eigenvalue weighted by Crippen LogP contribution is 2.35. The molecule has 4 rings (SSSR count). The second-order valence-corrected chi connectivity index (χ2v) is 8.23. The number of nitrogens with one attached hydrogen (secondary N) is 2. The molecule has 1 aromatic heterocycles. The van der Waals surface area contributed by atoms with Crippen molar-refractivity contribution < 1.29 is 9.53 Å². The average molecular weight is 466 g/mol. The molecule has 0 radical (unpaired) electrons. The minimum Gasteiger partial charge on any atom is -0.422 e. The van der Waals surface area contributed by atoms with E-state index in [1.807, 2.05) is 60.7 Å². The van der Waals surface area contributed by atoms with Crippen molar-refractivity contribution in [3.8, 4) is 5.75 Å². The monoisotopic (exact) mass is 465 g/mol. The highest BCUT2D eigenvalue weighted by atomic mass is 35.5. The Kier molecular flexibility index (Phi) is 6.57. The molecule has 0 atom stereocenters. The third kappa shape index (κ3) is 5.27. The van der Waals surface area contributed by atoms with Gasteiger partial charge in [0.15, 0.2) is 5.11 Å². The van der Waals surface area contributed by atoms with Gasteiger partial charge in [-0.15, -0.1) is 11.3 Å². The first-order valence-corrected chi connectivity index (χ1v) is 10.8. The lowest BCUT2D eigenvalue weighted by atomic mass is 10.2. The van der Waals surface area contributed by atoms with Gasteiger partial charge < -0.3 is 10.1 Å². The SMILES string of the molecule is O=C(Oc1cccc(/C=N\NC(=S)Nc2ccccc2)c1)c1sc2ccccc2c1Cl. The lowest BCUT2D eigenvalue weighted by molar-refractivity contribution is 0.0740. The highest BCUT2D eigenvalue weighted by Gasteiger charge is 2.19. The van der Waals surface area contributed by atoms with Crippen LogP contribution in [0.3, 0.4) is 0 Å². The fourth-order valence-electron chi connectivity index (χ4n) is 2.80. The minimum absolute atomic E-state index is 0.365. The van der Waals surface area contributed by atoms with Crippen molar-refractivity contribution in [3.05, 3.63) is 94.3 Å². The first-order valence-electron chi connectivity index (χ1n) is 9.24. The van der Waals surface area contributed by atoms with Crippen molar-refractivity contribution in [2.24, 2.45) is 5.10 Å². The molecular formula is C23H16ClN3O2S2. The summed E-state index contributed by atoms with van der Waals surface area (Å²) in [5.74, 6) is -0.0980. The fourth-order valence-corrected chi connectivity index (χ4v) is 4.36. The first kappa shape index (κ1) is 21.0. The van der Waals surface area contributed by atoms with Crippen molar-refractivity contribution in [1.29, 1.82) is 0 Å². The molecular weight excluding hydrogens is 450 g/mol. The number of rotatable bonds is 5. The molecule has 5 nitrogen and oxygen atoms in total. The minimum atomic E-state index is -0.494. The lowest BCUT2D eigenvalue weighted by Crippen LogP contribution is -2.23. The zero-order valence-electron chi connectivity index (χ0n) is 16.0. The van der Waals surface area contributed by atoms with E-state index in [0.29, 0.717) is 20.8 Å². The molecule has 0 saturated carbocycles. The molecule has 0 unspecified atom stereocenters. The number of benzene rings is 3. The zero-order chi connectivity index (χ0) is 21.6. The molecule has 0 aliphatic rings. The number of carbonyl (C=O) groups excluding carboxylic acids is 1. The number of thiocarbonyl (C=S) groups is 1. The Balaban J connectivity index is 1.39. The Morgan fingerprint density at radius 1 is 1.03 bits per heavy atom. The second-order valence-electron chi connectivity index (χ2n) is 6.39. The molecule has 0 aliphatic carbocycles. The van der Waals surface area contributed by atoms with Crippen LogP contribution in [-0.4, -0.2) is 17.3 Å². The van der Waals surface area contributed by atoms with Crippen molar-refractivity contribution in [2.45, 2.75) is 0 Å². The maximum absolute atomic E-state index is 12.6. The number of para-hydroxylation sites is 1. The van der Waals surface area contributed by atoms with Crippen LogP contribution in [0, 0.1) is 0 Å². The van der Waals surface area contributed by atoms with E-state index in [1.54, 1.807) is 24.4 Å². The van der Waals surface area contributed by atoms with E-state index in [2.05, 4.69) is 15.8 Å². The molecule has 0 fully saturated rings. The van der Waals surface area contributed by atoms with E-state index in [-0.39, 0.29) is 0 Å². The van der Waals surface area contributed by atoms with Gasteiger partial charge in [0.1, 0.15) is 10.6 Å². The van der Waals surface area contributed by atoms with Crippen LogP contribution in [0.1, 0.15) is 15.2 Å². The highest BCUT2D eigenvalue weighted by molar-refractivity contribution is 7.80. The normalized spacial score (nSPS) is 10.9. The van der Waals surface area contributed by atoms with E-state index >= 15 is 0 Å². The first-order chi connectivity index (χ1) is 15.1. The average Bonchev–Trinajstić information content (AvgIpc) is 3.12. The maximum Gasteiger partial charge on any atom is 0.355 e. The summed E-state index contributed by atoms with van der Waals surface area (Å²) < 4.78 is 6.46. The summed E-state index contributed by atoms with van der Waals surface area (Å²) in [4.78, 5) is 13.0. The van der Waals surface area contributed by atoms with Crippen LogP contribution in [0.5, 0.6) is 5.75 Å². The number of esters is 1. The second kappa shape index (κ2) is 9.70. The predicted molar refractivity (Wildman–Crippen MR) is 132 cm³/mol. The van der Waals surface area contributed by atoms with Gasteiger partial charge in [-0.1, -0.05) is 60.1 Å². The molecule has 2 N–H and O–H groups in total. The Labute approximate surface area is 193 Å². The number of anilines is 1. The summed E-state index contributed by atoms with van der Waals surface area (Å²) in [7, 11) is 0. The van der Waals surface area contributed by atoms with Crippen LogP contribution in [0.4, 0.5) is 5.69 Å². The van der Waals surface area contributed by atoms with E-state index in [1.165, 1.54) is 11.3 Å². The Hall–Kier alpha value is -3.26. The van der Waals surface area contributed by atoms with Crippen LogP contribution in [0.25, 0.3) is 10.1 Å². The van der Waals surface area contributed by atoms with Crippen molar-refractivity contribution >= 4 is 68.2 Å². The molecule has 0 saturated heterocycles. The van der Waals surface area contributed by atoms with Gasteiger partial charge in [0.05, 0.1) is 11.2 Å². The van der Waals surface area contributed by atoms with E-state index in [4.69, 9.17) is 28.6 Å². The molecule has 8 heteroatoms. The summed E-state index contributed by atoms with van der Waals surface area (Å²) in [5, 5.41) is 8.76. The van der Waals surface area contributed by atoms with Gasteiger partial charge in [-0.25, -0.2) is 4.79 Å². The Morgan fingerprint density at radius 2 is 1.81 bits per heavy atom. The summed E-state index contributed by atoms with van der Waals surface area (Å²) in [6.07, 6.45) is 1.59.